The van der Waals surface area contributed by atoms with Gasteiger partial charge in [0.25, 0.3) is 5.56 Å². The van der Waals surface area contributed by atoms with Gasteiger partial charge in [0.2, 0.25) is 0 Å². The first-order valence-electron chi connectivity index (χ1n) is 12.9. The number of benzene rings is 3. The van der Waals surface area contributed by atoms with E-state index in [1.807, 2.05) is 86.6 Å². The molecule has 194 valence electrons. The fourth-order valence-electron chi connectivity index (χ4n) is 4.66. The van der Waals surface area contributed by atoms with Crippen LogP contribution in [0.1, 0.15) is 48.5 Å². The number of aryl methyl sites for hydroxylation is 2. The number of aromatic nitrogens is 2. The Hall–Kier alpha value is -4.21. The predicted molar refractivity (Wildman–Crippen MR) is 150 cm³/mol. The molecule has 1 heterocycles. The summed E-state index contributed by atoms with van der Waals surface area (Å²) < 4.78 is 12.7. The fraction of sp³-hybridized carbons (Fsp3) is 0.281. The summed E-state index contributed by atoms with van der Waals surface area (Å²) in [5.41, 5.74) is 5.78. The number of ether oxygens (including phenoxy) is 2. The van der Waals surface area contributed by atoms with Crippen LogP contribution in [-0.4, -0.2) is 29.4 Å². The fourth-order valence-corrected chi connectivity index (χ4v) is 4.66. The van der Waals surface area contributed by atoms with Crippen molar-refractivity contribution in [2.24, 2.45) is 0 Å². The summed E-state index contributed by atoms with van der Waals surface area (Å²) in [6.07, 6.45) is 2.05. The Morgan fingerprint density at radius 1 is 1.03 bits per heavy atom. The number of rotatable bonds is 10. The van der Waals surface area contributed by atoms with E-state index in [-0.39, 0.29) is 11.7 Å². The van der Waals surface area contributed by atoms with Crippen molar-refractivity contribution in [3.63, 3.8) is 0 Å². The summed E-state index contributed by atoms with van der Waals surface area (Å²) in [5.74, 6) is 1.38. The summed E-state index contributed by atoms with van der Waals surface area (Å²) in [4.78, 5) is 18.7. The zero-order valence-corrected chi connectivity index (χ0v) is 22.4. The van der Waals surface area contributed by atoms with Crippen molar-refractivity contribution in [2.45, 2.75) is 46.1 Å². The molecule has 3 aromatic carbocycles. The Morgan fingerprint density at radius 3 is 2.39 bits per heavy atom. The van der Waals surface area contributed by atoms with Crippen LogP contribution in [0.15, 0.2) is 77.6 Å². The molecule has 0 spiro atoms. The van der Waals surface area contributed by atoms with Gasteiger partial charge in [-0.15, -0.1) is 0 Å². The molecule has 0 amide bonds. The predicted octanol–water partition coefficient (Wildman–Crippen LogP) is 6.04. The van der Waals surface area contributed by atoms with E-state index in [4.69, 9.17) is 14.5 Å². The molecular weight excluding hydrogens is 474 g/mol. The molecule has 4 rings (SSSR count). The Labute approximate surface area is 224 Å². The van der Waals surface area contributed by atoms with Crippen molar-refractivity contribution in [3.05, 3.63) is 111 Å². The molecule has 1 unspecified atom stereocenters. The van der Waals surface area contributed by atoms with Crippen LogP contribution in [0, 0.1) is 18.3 Å². The number of methoxy groups -OCH3 is 1. The first-order valence-corrected chi connectivity index (χ1v) is 12.9. The molecule has 6 heteroatoms. The first kappa shape index (κ1) is 26.8. The molecule has 0 fully saturated rings. The highest BCUT2D eigenvalue weighted by atomic mass is 16.5. The van der Waals surface area contributed by atoms with Crippen LogP contribution >= 0.6 is 0 Å². The highest BCUT2D eigenvalue weighted by Crippen LogP contribution is 2.25. The lowest BCUT2D eigenvalue weighted by atomic mass is 9.97. The van der Waals surface area contributed by atoms with E-state index in [1.54, 1.807) is 11.7 Å². The molecule has 1 aromatic heterocycles. The molecule has 38 heavy (non-hydrogen) atoms. The zero-order valence-electron chi connectivity index (χ0n) is 22.4. The van der Waals surface area contributed by atoms with Gasteiger partial charge in [-0.2, -0.15) is 5.26 Å². The minimum atomic E-state index is -0.0725. The van der Waals surface area contributed by atoms with Crippen LogP contribution in [0.3, 0.4) is 0 Å². The molecule has 0 saturated heterocycles. The van der Waals surface area contributed by atoms with E-state index in [2.05, 4.69) is 13.0 Å². The Morgan fingerprint density at radius 2 is 1.74 bits per heavy atom. The Bertz CT molecular complexity index is 1480. The summed E-state index contributed by atoms with van der Waals surface area (Å²) in [6, 6.07) is 25.4. The van der Waals surface area contributed by atoms with Gasteiger partial charge in [-0.05, 0) is 67.3 Å². The van der Waals surface area contributed by atoms with Gasteiger partial charge in [0, 0.05) is 19.1 Å². The van der Waals surface area contributed by atoms with Crippen molar-refractivity contribution < 1.29 is 9.47 Å². The first-order chi connectivity index (χ1) is 18.4. The van der Waals surface area contributed by atoms with Crippen LogP contribution in [0.5, 0.6) is 5.75 Å². The van der Waals surface area contributed by atoms with E-state index in [0.717, 1.165) is 46.7 Å². The summed E-state index contributed by atoms with van der Waals surface area (Å²) >= 11 is 0. The molecule has 4 aromatic rings. The van der Waals surface area contributed by atoms with Crippen molar-refractivity contribution in [1.29, 1.82) is 5.26 Å². The number of hydrogen-bond acceptors (Lipinski definition) is 5. The molecule has 0 aliphatic rings. The zero-order chi connectivity index (χ0) is 27.1. The summed E-state index contributed by atoms with van der Waals surface area (Å²) in [7, 11) is 1.65. The van der Waals surface area contributed by atoms with Gasteiger partial charge in [0.15, 0.2) is 0 Å². The van der Waals surface area contributed by atoms with Gasteiger partial charge in [0.1, 0.15) is 17.7 Å². The number of hydrogen-bond donors (Lipinski definition) is 0. The lowest BCUT2D eigenvalue weighted by molar-refractivity contribution is 0.0921. The average Bonchev–Trinajstić information content (AvgIpc) is 2.92. The van der Waals surface area contributed by atoms with E-state index in [1.165, 1.54) is 0 Å². The molecule has 0 N–H and O–H groups in total. The quantitative estimate of drug-likeness (QED) is 0.262. The van der Waals surface area contributed by atoms with Crippen LogP contribution < -0.4 is 10.3 Å². The van der Waals surface area contributed by atoms with Crippen LogP contribution in [-0.2, 0) is 17.6 Å². The Balaban J connectivity index is 1.66. The summed E-state index contributed by atoms with van der Waals surface area (Å²) in [6.45, 7) is 6.41. The SMILES string of the molecule is CCCc1nc(C)n(-c2ccc(OC(C)COC)cc2)c(=O)c1Cc1ccc(-c2ccccc2C#N)cc1. The molecule has 0 radical (unpaired) electrons. The largest absolute Gasteiger partial charge is 0.488 e. The van der Waals surface area contributed by atoms with Crippen LogP contribution in [0.2, 0.25) is 0 Å². The maximum atomic E-state index is 13.8. The standard InChI is InChI=1S/C32H33N3O3/c1-5-8-31-30(19-24-11-13-25(14-12-24)29-10-7-6-9-26(29)20-33)32(36)35(23(3)34-31)27-15-17-28(18-16-27)38-22(2)21-37-4/h6-7,9-18,22H,5,8,19,21H2,1-4H3. The molecule has 0 aliphatic heterocycles. The van der Waals surface area contributed by atoms with Gasteiger partial charge in [-0.3, -0.25) is 9.36 Å². The van der Waals surface area contributed by atoms with Gasteiger partial charge in [0.05, 0.1) is 29.6 Å². The van der Waals surface area contributed by atoms with Crippen molar-refractivity contribution in [2.75, 3.05) is 13.7 Å². The van der Waals surface area contributed by atoms with Gasteiger partial charge in [-0.25, -0.2) is 4.98 Å². The third-order valence-corrected chi connectivity index (χ3v) is 6.44. The highest BCUT2D eigenvalue weighted by molar-refractivity contribution is 5.70. The van der Waals surface area contributed by atoms with Crippen LogP contribution in [0.4, 0.5) is 0 Å². The molecule has 6 nitrogen and oxygen atoms in total. The third kappa shape index (κ3) is 6.01. The highest BCUT2D eigenvalue weighted by Gasteiger charge is 2.17. The lowest BCUT2D eigenvalue weighted by Gasteiger charge is -2.17. The van der Waals surface area contributed by atoms with Gasteiger partial charge < -0.3 is 9.47 Å². The second-order valence-electron chi connectivity index (χ2n) is 9.38. The average molecular weight is 508 g/mol. The van der Waals surface area contributed by atoms with Crippen molar-refractivity contribution in [1.82, 2.24) is 9.55 Å². The molecule has 0 saturated carbocycles. The van der Waals surface area contributed by atoms with E-state index >= 15 is 0 Å². The smallest absolute Gasteiger partial charge is 0.261 e. The topological polar surface area (TPSA) is 77.1 Å². The molecular formula is C32H33N3O3. The number of nitrogens with zero attached hydrogens (tertiary/aromatic N) is 3. The minimum absolute atomic E-state index is 0.0544. The maximum Gasteiger partial charge on any atom is 0.261 e. The Kier molecular flexibility index (Phi) is 8.73. The van der Waals surface area contributed by atoms with E-state index < -0.39 is 0 Å². The van der Waals surface area contributed by atoms with Crippen molar-refractivity contribution in [3.8, 4) is 28.6 Å². The lowest BCUT2D eigenvalue weighted by Crippen LogP contribution is -2.28. The van der Waals surface area contributed by atoms with Gasteiger partial charge in [-0.1, -0.05) is 55.8 Å². The monoisotopic (exact) mass is 507 g/mol. The third-order valence-electron chi connectivity index (χ3n) is 6.44. The summed E-state index contributed by atoms with van der Waals surface area (Å²) in [5, 5.41) is 9.45. The van der Waals surface area contributed by atoms with E-state index in [9.17, 15) is 10.1 Å². The molecule has 1 atom stereocenters. The maximum absolute atomic E-state index is 13.8. The minimum Gasteiger partial charge on any atom is -0.488 e. The second-order valence-corrected chi connectivity index (χ2v) is 9.38. The van der Waals surface area contributed by atoms with Crippen LogP contribution in [0.25, 0.3) is 16.8 Å². The normalized spacial score (nSPS) is 11.7. The van der Waals surface area contributed by atoms with E-state index in [0.29, 0.717) is 30.0 Å². The van der Waals surface area contributed by atoms with Gasteiger partial charge >= 0.3 is 0 Å². The second kappa shape index (κ2) is 12.4. The van der Waals surface area contributed by atoms with Crippen molar-refractivity contribution >= 4 is 0 Å². The molecule has 0 aliphatic carbocycles. The molecule has 0 bridgehead atoms. The number of nitriles is 1.